The number of hydrogen-bond donors (Lipinski definition) is 2. The number of benzene rings is 2. The minimum Gasteiger partial charge on any atom is -0.332 e. The van der Waals surface area contributed by atoms with Crippen molar-refractivity contribution < 1.29 is 4.79 Å². The van der Waals surface area contributed by atoms with Gasteiger partial charge in [0.05, 0.1) is 0 Å². The fraction of sp³-hybridized carbons (Fsp3) is 0.222. The van der Waals surface area contributed by atoms with Crippen LogP contribution < -0.4 is 10.6 Å². The lowest BCUT2D eigenvalue weighted by Crippen LogP contribution is -2.34. The molecule has 0 saturated heterocycles. The van der Waals surface area contributed by atoms with Gasteiger partial charge in [-0.2, -0.15) is 0 Å². The zero-order chi connectivity index (χ0) is 16.1. The Labute approximate surface area is 136 Å². The van der Waals surface area contributed by atoms with Crippen LogP contribution in [0.15, 0.2) is 42.5 Å². The first kappa shape index (κ1) is 16.2. The largest absolute Gasteiger partial charge is 0.332 e. The van der Waals surface area contributed by atoms with E-state index in [1.165, 1.54) is 5.56 Å². The van der Waals surface area contributed by atoms with E-state index in [1.807, 2.05) is 56.3 Å². The Morgan fingerprint density at radius 2 is 1.77 bits per heavy atom. The Kier molecular flexibility index (Phi) is 5.28. The first-order valence-electron chi connectivity index (χ1n) is 7.28. The Balaban J connectivity index is 2.01. The molecule has 4 heteroatoms. The number of carbonyl (C=O) groups excluding carboxylic acids is 1. The number of hydrogen-bond acceptors (Lipinski definition) is 2. The molecule has 2 N–H and O–H groups in total. The van der Waals surface area contributed by atoms with E-state index in [0.717, 1.165) is 23.2 Å². The zero-order valence-electron chi connectivity index (χ0n) is 13.1. The number of nitrogens with one attached hydrogen (secondary N) is 2. The Hall–Kier alpha value is -2.20. The minimum atomic E-state index is -0.203. The van der Waals surface area contributed by atoms with Gasteiger partial charge in [-0.25, -0.2) is 0 Å². The normalized spacial score (nSPS) is 10.1. The van der Waals surface area contributed by atoms with Crippen molar-refractivity contribution in [2.24, 2.45) is 0 Å². The van der Waals surface area contributed by atoms with Crippen LogP contribution in [-0.4, -0.2) is 11.0 Å². The van der Waals surface area contributed by atoms with Gasteiger partial charge in [0.15, 0.2) is 5.11 Å². The third kappa shape index (κ3) is 4.15. The van der Waals surface area contributed by atoms with Crippen molar-refractivity contribution >= 4 is 28.9 Å². The summed E-state index contributed by atoms with van der Waals surface area (Å²) in [6.07, 6.45) is 0.953. The summed E-state index contributed by atoms with van der Waals surface area (Å²) in [5, 5.41) is 6.09. The molecule has 0 saturated carbocycles. The summed E-state index contributed by atoms with van der Waals surface area (Å²) in [6.45, 7) is 6.09. The lowest BCUT2D eigenvalue weighted by Gasteiger charge is -2.12. The van der Waals surface area contributed by atoms with Crippen molar-refractivity contribution in [2.45, 2.75) is 27.2 Å². The quantitative estimate of drug-likeness (QED) is 0.842. The molecule has 0 atom stereocenters. The first-order valence-corrected chi connectivity index (χ1v) is 7.69. The summed E-state index contributed by atoms with van der Waals surface area (Å²) in [6, 6.07) is 13.6. The summed E-state index contributed by atoms with van der Waals surface area (Å²) in [7, 11) is 0. The van der Waals surface area contributed by atoms with Crippen LogP contribution in [0.3, 0.4) is 0 Å². The molecule has 2 aromatic carbocycles. The van der Waals surface area contributed by atoms with Gasteiger partial charge in [-0.15, -0.1) is 0 Å². The first-order chi connectivity index (χ1) is 10.5. The smallest absolute Gasteiger partial charge is 0.257 e. The molecule has 0 unspecified atom stereocenters. The second-order valence-corrected chi connectivity index (χ2v) is 5.69. The maximum Gasteiger partial charge on any atom is 0.257 e. The van der Waals surface area contributed by atoms with Gasteiger partial charge >= 0.3 is 0 Å². The highest BCUT2D eigenvalue weighted by atomic mass is 32.1. The van der Waals surface area contributed by atoms with Crippen LogP contribution in [0.5, 0.6) is 0 Å². The van der Waals surface area contributed by atoms with E-state index in [9.17, 15) is 4.79 Å². The van der Waals surface area contributed by atoms with Gasteiger partial charge in [-0.1, -0.05) is 31.2 Å². The van der Waals surface area contributed by atoms with Crippen molar-refractivity contribution in [3.05, 3.63) is 64.7 Å². The number of amides is 1. The van der Waals surface area contributed by atoms with Crippen molar-refractivity contribution in [3.63, 3.8) is 0 Å². The van der Waals surface area contributed by atoms with Crippen molar-refractivity contribution in [2.75, 3.05) is 5.32 Å². The molecule has 3 nitrogen and oxygen atoms in total. The van der Waals surface area contributed by atoms with Crippen molar-refractivity contribution in [1.82, 2.24) is 5.32 Å². The molecule has 2 rings (SSSR count). The van der Waals surface area contributed by atoms with Crippen LogP contribution >= 0.6 is 12.2 Å². The zero-order valence-corrected chi connectivity index (χ0v) is 13.9. The molecular formula is C18H20N2OS. The van der Waals surface area contributed by atoms with Crippen LogP contribution in [0.25, 0.3) is 0 Å². The topological polar surface area (TPSA) is 41.1 Å². The van der Waals surface area contributed by atoms with E-state index in [-0.39, 0.29) is 5.91 Å². The van der Waals surface area contributed by atoms with Gasteiger partial charge in [0.1, 0.15) is 0 Å². The molecule has 0 fully saturated rings. The summed E-state index contributed by atoms with van der Waals surface area (Å²) in [5.74, 6) is -0.203. The van der Waals surface area contributed by atoms with E-state index in [1.54, 1.807) is 0 Å². The molecule has 0 aromatic heterocycles. The number of anilines is 1. The molecule has 0 spiro atoms. The Morgan fingerprint density at radius 3 is 2.41 bits per heavy atom. The van der Waals surface area contributed by atoms with Gasteiger partial charge in [0, 0.05) is 11.3 Å². The van der Waals surface area contributed by atoms with Crippen LogP contribution in [0.4, 0.5) is 5.69 Å². The molecule has 0 aliphatic rings. The van der Waals surface area contributed by atoms with E-state index >= 15 is 0 Å². The average Bonchev–Trinajstić information content (AvgIpc) is 2.51. The van der Waals surface area contributed by atoms with Gasteiger partial charge in [0.2, 0.25) is 0 Å². The Bertz CT molecular complexity index is 693. The van der Waals surface area contributed by atoms with Crippen LogP contribution in [-0.2, 0) is 6.42 Å². The number of rotatable bonds is 3. The van der Waals surface area contributed by atoms with Gasteiger partial charge in [-0.3, -0.25) is 10.1 Å². The predicted octanol–water partition coefficient (Wildman–Crippen LogP) is 3.99. The van der Waals surface area contributed by atoms with Gasteiger partial charge < -0.3 is 5.32 Å². The number of carbonyl (C=O) groups is 1. The monoisotopic (exact) mass is 312 g/mol. The molecule has 114 valence electrons. The lowest BCUT2D eigenvalue weighted by atomic mass is 10.1. The highest BCUT2D eigenvalue weighted by molar-refractivity contribution is 7.80. The third-order valence-electron chi connectivity index (χ3n) is 3.49. The summed E-state index contributed by atoms with van der Waals surface area (Å²) < 4.78 is 0. The minimum absolute atomic E-state index is 0.203. The van der Waals surface area contributed by atoms with E-state index in [0.29, 0.717) is 10.7 Å². The molecule has 0 aliphatic carbocycles. The highest BCUT2D eigenvalue weighted by Crippen LogP contribution is 2.16. The molecule has 0 aliphatic heterocycles. The van der Waals surface area contributed by atoms with E-state index < -0.39 is 0 Å². The maximum absolute atomic E-state index is 12.2. The van der Waals surface area contributed by atoms with Gasteiger partial charge in [0.25, 0.3) is 5.91 Å². The molecular weight excluding hydrogens is 292 g/mol. The van der Waals surface area contributed by atoms with Crippen molar-refractivity contribution in [3.8, 4) is 0 Å². The fourth-order valence-corrected chi connectivity index (χ4v) is 2.29. The number of thiocarbonyl (C=S) groups is 1. The maximum atomic E-state index is 12.2. The fourth-order valence-electron chi connectivity index (χ4n) is 2.09. The van der Waals surface area contributed by atoms with Crippen molar-refractivity contribution in [1.29, 1.82) is 0 Å². The van der Waals surface area contributed by atoms with E-state index in [4.69, 9.17) is 12.2 Å². The SMILES string of the molecule is CCc1ccc(C(=O)NC(=S)Nc2cc(C)ccc2C)cc1. The molecule has 22 heavy (non-hydrogen) atoms. The summed E-state index contributed by atoms with van der Waals surface area (Å²) in [5.41, 5.74) is 4.92. The second kappa shape index (κ2) is 7.18. The number of aryl methyl sites for hydroxylation is 3. The summed E-state index contributed by atoms with van der Waals surface area (Å²) in [4.78, 5) is 12.2. The highest BCUT2D eigenvalue weighted by Gasteiger charge is 2.08. The average molecular weight is 312 g/mol. The predicted molar refractivity (Wildman–Crippen MR) is 95.4 cm³/mol. The standard InChI is InChI=1S/C18H20N2OS/c1-4-14-7-9-15(10-8-14)17(21)20-18(22)19-16-11-12(2)5-6-13(16)3/h5-11H,4H2,1-3H3,(H2,19,20,21,22). The molecule has 1 amide bonds. The van der Waals surface area contributed by atoms with Gasteiger partial charge in [-0.05, 0) is 67.4 Å². The molecule has 2 aromatic rings. The van der Waals surface area contributed by atoms with Crippen LogP contribution in [0, 0.1) is 13.8 Å². The Morgan fingerprint density at radius 1 is 1.09 bits per heavy atom. The van der Waals surface area contributed by atoms with Crippen LogP contribution in [0.1, 0.15) is 34.0 Å². The van der Waals surface area contributed by atoms with Crippen LogP contribution in [0.2, 0.25) is 0 Å². The lowest BCUT2D eigenvalue weighted by molar-refractivity contribution is 0.0977. The second-order valence-electron chi connectivity index (χ2n) is 5.28. The van der Waals surface area contributed by atoms with E-state index in [2.05, 4.69) is 17.6 Å². The molecule has 0 heterocycles. The molecule has 0 bridgehead atoms. The third-order valence-corrected chi connectivity index (χ3v) is 3.70. The summed E-state index contributed by atoms with van der Waals surface area (Å²) >= 11 is 5.22. The molecule has 0 radical (unpaired) electrons.